The van der Waals surface area contributed by atoms with Crippen LogP contribution in [-0.4, -0.2) is 34.1 Å². The van der Waals surface area contributed by atoms with Crippen LogP contribution in [0.3, 0.4) is 0 Å². The molecule has 4 nitrogen and oxygen atoms in total. The predicted octanol–water partition coefficient (Wildman–Crippen LogP) is 1.10. The molecule has 0 radical (unpaired) electrons. The lowest BCUT2D eigenvalue weighted by Crippen LogP contribution is -2.22. The van der Waals surface area contributed by atoms with E-state index in [1.54, 1.807) is 6.92 Å². The number of Topliss-reactive ketones (excluding diaryl/α,β-unsaturated/α-hetero) is 1. The summed E-state index contributed by atoms with van der Waals surface area (Å²) >= 11 is 3.12. The van der Waals surface area contributed by atoms with Crippen molar-refractivity contribution in [2.24, 2.45) is 5.92 Å². The van der Waals surface area contributed by atoms with Gasteiger partial charge in [-0.05, 0) is 26.2 Å². The van der Waals surface area contributed by atoms with Gasteiger partial charge in [0.15, 0.2) is 0 Å². The first-order valence-electron chi connectivity index (χ1n) is 4.75. The highest BCUT2D eigenvalue weighted by molar-refractivity contribution is 9.09. The van der Waals surface area contributed by atoms with Crippen LogP contribution in [0.5, 0.6) is 0 Å². The van der Waals surface area contributed by atoms with Gasteiger partial charge in [0, 0.05) is 12.5 Å². The second-order valence-corrected chi connectivity index (χ2v) is 3.99. The summed E-state index contributed by atoms with van der Waals surface area (Å²) in [5, 5.41) is 17.9. The fraction of sp³-hybridized carbons (Fsp3) is 0.889. The van der Waals surface area contributed by atoms with Gasteiger partial charge in [-0.2, -0.15) is 0 Å². The standard InChI is InChI=1S/C9H18BrNO3/c1-7(12)5-8(9(13)6-10)3-2-4-11-14/h7-8,11-12,14H,2-6H2,1H3. The van der Waals surface area contributed by atoms with Crippen LogP contribution in [-0.2, 0) is 4.79 Å². The third-order valence-corrected chi connectivity index (χ3v) is 2.61. The van der Waals surface area contributed by atoms with Gasteiger partial charge in [0.05, 0.1) is 11.4 Å². The van der Waals surface area contributed by atoms with Crippen molar-refractivity contribution in [1.29, 1.82) is 0 Å². The number of hydroxylamine groups is 1. The number of hydrogen-bond donors (Lipinski definition) is 3. The molecule has 0 aromatic rings. The van der Waals surface area contributed by atoms with E-state index in [1.807, 2.05) is 5.48 Å². The summed E-state index contributed by atoms with van der Waals surface area (Å²) in [6.45, 7) is 2.16. The van der Waals surface area contributed by atoms with E-state index in [-0.39, 0.29) is 11.7 Å². The van der Waals surface area contributed by atoms with Gasteiger partial charge in [0.25, 0.3) is 0 Å². The second-order valence-electron chi connectivity index (χ2n) is 3.43. The molecule has 0 saturated carbocycles. The summed E-state index contributed by atoms with van der Waals surface area (Å²) in [5.41, 5.74) is 2.05. The lowest BCUT2D eigenvalue weighted by atomic mass is 9.93. The Bertz CT molecular complexity index is 164. The monoisotopic (exact) mass is 267 g/mol. The van der Waals surface area contributed by atoms with Crippen LogP contribution in [0.1, 0.15) is 26.2 Å². The molecule has 0 fully saturated rings. The number of hydrogen-bond acceptors (Lipinski definition) is 4. The van der Waals surface area contributed by atoms with E-state index in [0.29, 0.717) is 24.7 Å². The molecule has 0 heterocycles. The summed E-state index contributed by atoms with van der Waals surface area (Å²) in [6.07, 6.45) is 1.47. The molecule has 0 bridgehead atoms. The summed E-state index contributed by atoms with van der Waals surface area (Å²) in [7, 11) is 0. The highest BCUT2D eigenvalue weighted by atomic mass is 79.9. The molecule has 0 aliphatic rings. The molecule has 2 unspecified atom stereocenters. The van der Waals surface area contributed by atoms with Crippen LogP contribution in [0.15, 0.2) is 0 Å². The number of rotatable bonds is 8. The van der Waals surface area contributed by atoms with Gasteiger partial charge in [0.2, 0.25) is 0 Å². The lowest BCUT2D eigenvalue weighted by Gasteiger charge is -2.15. The van der Waals surface area contributed by atoms with Gasteiger partial charge in [-0.3, -0.25) is 4.79 Å². The topological polar surface area (TPSA) is 69.6 Å². The summed E-state index contributed by atoms with van der Waals surface area (Å²) in [4.78, 5) is 11.4. The largest absolute Gasteiger partial charge is 0.393 e. The van der Waals surface area contributed by atoms with Gasteiger partial charge < -0.3 is 10.3 Å². The molecule has 0 spiro atoms. The normalized spacial score (nSPS) is 15.1. The van der Waals surface area contributed by atoms with E-state index >= 15 is 0 Å². The smallest absolute Gasteiger partial charge is 0.146 e. The Kier molecular flexibility index (Phi) is 8.37. The quantitative estimate of drug-likeness (QED) is 0.350. The molecule has 14 heavy (non-hydrogen) atoms. The number of aliphatic hydroxyl groups is 1. The number of alkyl halides is 1. The highest BCUT2D eigenvalue weighted by Gasteiger charge is 2.18. The zero-order valence-electron chi connectivity index (χ0n) is 8.37. The van der Waals surface area contributed by atoms with E-state index in [2.05, 4.69) is 15.9 Å². The van der Waals surface area contributed by atoms with Crippen molar-refractivity contribution in [3.05, 3.63) is 0 Å². The highest BCUT2D eigenvalue weighted by Crippen LogP contribution is 2.15. The third kappa shape index (κ3) is 6.48. The second kappa shape index (κ2) is 8.35. The Hall–Kier alpha value is 0.0300. The predicted molar refractivity (Wildman–Crippen MR) is 57.6 cm³/mol. The Balaban J connectivity index is 3.91. The maximum Gasteiger partial charge on any atom is 0.146 e. The van der Waals surface area contributed by atoms with Crippen molar-refractivity contribution in [2.45, 2.75) is 32.3 Å². The van der Waals surface area contributed by atoms with Crippen molar-refractivity contribution in [1.82, 2.24) is 5.48 Å². The SMILES string of the molecule is CC(O)CC(CCCNO)C(=O)CBr. The fourth-order valence-electron chi connectivity index (χ4n) is 1.36. The first-order chi connectivity index (χ1) is 6.61. The fourth-order valence-corrected chi connectivity index (χ4v) is 1.82. The zero-order chi connectivity index (χ0) is 11.0. The molecule has 0 aliphatic heterocycles. The van der Waals surface area contributed by atoms with Crippen LogP contribution in [0.25, 0.3) is 0 Å². The summed E-state index contributed by atoms with van der Waals surface area (Å²) < 4.78 is 0. The van der Waals surface area contributed by atoms with Gasteiger partial charge in [-0.1, -0.05) is 15.9 Å². The van der Waals surface area contributed by atoms with Crippen LogP contribution < -0.4 is 5.48 Å². The summed E-state index contributed by atoms with van der Waals surface area (Å²) in [5.74, 6) is 0.00608. The molecular formula is C9H18BrNO3. The van der Waals surface area contributed by atoms with E-state index in [1.165, 1.54) is 0 Å². The van der Waals surface area contributed by atoms with Crippen molar-refractivity contribution in [2.75, 3.05) is 11.9 Å². The van der Waals surface area contributed by atoms with Crippen LogP contribution in [0, 0.1) is 5.92 Å². The number of aliphatic hydroxyl groups excluding tert-OH is 1. The minimum atomic E-state index is -0.454. The van der Waals surface area contributed by atoms with Crippen molar-refractivity contribution >= 4 is 21.7 Å². The molecule has 5 heteroatoms. The maximum absolute atomic E-state index is 11.4. The number of nitrogens with one attached hydrogen (secondary N) is 1. The Morgan fingerprint density at radius 2 is 2.21 bits per heavy atom. The van der Waals surface area contributed by atoms with E-state index in [9.17, 15) is 9.90 Å². The molecule has 0 saturated heterocycles. The molecule has 0 rings (SSSR count). The maximum atomic E-state index is 11.4. The lowest BCUT2D eigenvalue weighted by molar-refractivity contribution is -0.121. The average Bonchev–Trinajstić information content (AvgIpc) is 2.15. The zero-order valence-corrected chi connectivity index (χ0v) is 9.96. The Morgan fingerprint density at radius 1 is 1.57 bits per heavy atom. The number of carbonyl (C=O) groups is 1. The van der Waals surface area contributed by atoms with Gasteiger partial charge in [-0.15, -0.1) is 0 Å². The first-order valence-corrected chi connectivity index (χ1v) is 5.87. The molecule has 0 aliphatic carbocycles. The molecule has 84 valence electrons. The van der Waals surface area contributed by atoms with Crippen LogP contribution >= 0.6 is 15.9 Å². The minimum absolute atomic E-state index is 0.109. The molecular weight excluding hydrogens is 250 g/mol. The minimum Gasteiger partial charge on any atom is -0.393 e. The van der Waals surface area contributed by atoms with Gasteiger partial charge in [-0.25, -0.2) is 5.48 Å². The number of ketones is 1. The Morgan fingerprint density at radius 3 is 2.64 bits per heavy atom. The molecule has 2 atom stereocenters. The first kappa shape index (κ1) is 14.0. The molecule has 0 amide bonds. The van der Waals surface area contributed by atoms with E-state index in [0.717, 1.165) is 6.42 Å². The molecule has 0 aromatic carbocycles. The molecule has 0 aromatic heterocycles. The van der Waals surface area contributed by atoms with Crippen molar-refractivity contribution in [3.63, 3.8) is 0 Å². The van der Waals surface area contributed by atoms with E-state index in [4.69, 9.17) is 5.21 Å². The number of carbonyl (C=O) groups excluding carboxylic acids is 1. The van der Waals surface area contributed by atoms with E-state index < -0.39 is 6.10 Å². The number of halogens is 1. The van der Waals surface area contributed by atoms with Crippen molar-refractivity contribution < 1.29 is 15.1 Å². The van der Waals surface area contributed by atoms with Crippen LogP contribution in [0.4, 0.5) is 0 Å². The Labute approximate surface area is 92.8 Å². The average molecular weight is 268 g/mol. The summed E-state index contributed by atoms with van der Waals surface area (Å²) in [6, 6.07) is 0. The molecule has 3 N–H and O–H groups in total. The van der Waals surface area contributed by atoms with Crippen molar-refractivity contribution in [3.8, 4) is 0 Å². The van der Waals surface area contributed by atoms with Crippen LogP contribution in [0.2, 0.25) is 0 Å². The van der Waals surface area contributed by atoms with Gasteiger partial charge >= 0.3 is 0 Å². The van der Waals surface area contributed by atoms with Gasteiger partial charge in [0.1, 0.15) is 5.78 Å². The third-order valence-electron chi connectivity index (χ3n) is 2.05.